The summed E-state index contributed by atoms with van der Waals surface area (Å²) in [4.78, 5) is 28.8. The number of imidazole rings is 1. The van der Waals surface area contributed by atoms with E-state index in [0.717, 1.165) is 5.52 Å². The van der Waals surface area contributed by atoms with Gasteiger partial charge in [0.2, 0.25) is 5.95 Å². The number of amides is 1. The number of carbonyl (C=O) groups is 2. The van der Waals surface area contributed by atoms with Crippen molar-refractivity contribution in [2.24, 2.45) is 7.05 Å². The van der Waals surface area contributed by atoms with E-state index in [9.17, 15) is 19.1 Å². The Morgan fingerprint density at radius 2 is 1.83 bits per heavy atom. The van der Waals surface area contributed by atoms with E-state index in [2.05, 4.69) is 10.3 Å². The SMILES string of the molecule is Cc1cc(C(=O)N[C@@H](CC(=O)O)c2cccc(F)c2)cc(C)c1Oc1cccc2c1nc(N)n2C. The average Bonchev–Trinajstić information content (AvgIpc) is 3.09. The number of halogens is 1. The Labute approximate surface area is 201 Å². The maximum atomic E-state index is 13.7. The van der Waals surface area contributed by atoms with Gasteiger partial charge in [-0.3, -0.25) is 9.59 Å². The van der Waals surface area contributed by atoms with Crippen molar-refractivity contribution in [2.75, 3.05) is 5.73 Å². The van der Waals surface area contributed by atoms with Gasteiger partial charge in [0.15, 0.2) is 5.75 Å². The first kappa shape index (κ1) is 23.7. The largest absolute Gasteiger partial charge is 0.481 e. The third kappa shape index (κ3) is 4.93. The van der Waals surface area contributed by atoms with Gasteiger partial charge < -0.3 is 25.5 Å². The van der Waals surface area contributed by atoms with Crippen LogP contribution in [0.25, 0.3) is 11.0 Å². The van der Waals surface area contributed by atoms with Crippen LogP contribution >= 0.6 is 0 Å². The Morgan fingerprint density at radius 1 is 1.14 bits per heavy atom. The molecular formula is C26H25FN4O4. The molecule has 0 aliphatic rings. The van der Waals surface area contributed by atoms with E-state index in [4.69, 9.17) is 10.5 Å². The summed E-state index contributed by atoms with van der Waals surface area (Å²) in [6.45, 7) is 3.63. The van der Waals surface area contributed by atoms with Crippen LogP contribution in [0.3, 0.4) is 0 Å². The fourth-order valence-electron chi connectivity index (χ4n) is 4.03. The number of aliphatic carboxylic acids is 1. The molecule has 1 aromatic heterocycles. The zero-order valence-corrected chi connectivity index (χ0v) is 19.5. The number of fused-ring (bicyclic) bond motifs is 1. The molecule has 8 nitrogen and oxygen atoms in total. The normalized spacial score (nSPS) is 11.9. The molecule has 0 saturated carbocycles. The number of ether oxygens (including phenoxy) is 1. The van der Waals surface area contributed by atoms with Crippen molar-refractivity contribution in [2.45, 2.75) is 26.3 Å². The van der Waals surface area contributed by atoms with Crippen LogP contribution in [0.2, 0.25) is 0 Å². The Balaban J connectivity index is 1.61. The summed E-state index contributed by atoms with van der Waals surface area (Å²) in [6, 6.07) is 13.5. The van der Waals surface area contributed by atoms with Gasteiger partial charge in [-0.25, -0.2) is 9.37 Å². The lowest BCUT2D eigenvalue weighted by Crippen LogP contribution is -2.30. The Morgan fingerprint density at radius 3 is 2.49 bits per heavy atom. The summed E-state index contributed by atoms with van der Waals surface area (Å²) in [5.41, 5.74) is 9.51. The number of carboxylic acid groups (broad SMARTS) is 1. The summed E-state index contributed by atoms with van der Waals surface area (Å²) < 4.78 is 21.6. The highest BCUT2D eigenvalue weighted by molar-refractivity contribution is 5.95. The zero-order valence-electron chi connectivity index (χ0n) is 19.5. The van der Waals surface area contributed by atoms with Crippen molar-refractivity contribution in [3.8, 4) is 11.5 Å². The van der Waals surface area contributed by atoms with E-state index in [0.29, 0.717) is 45.2 Å². The standard InChI is InChI=1S/C26H25FN4O4/c1-14-10-17(25(34)29-19(13-22(32)33)16-6-4-7-18(27)12-16)11-15(2)24(14)35-21-9-5-8-20-23(21)30-26(28)31(20)3/h4-12,19H,13H2,1-3H3,(H2,28,30)(H,29,34)(H,32,33)/t19-/m0/s1. The van der Waals surface area contributed by atoms with E-state index in [-0.39, 0.29) is 6.42 Å². The number of nitrogens with two attached hydrogens (primary N) is 1. The van der Waals surface area contributed by atoms with Crippen molar-refractivity contribution in [3.63, 3.8) is 0 Å². The molecule has 0 bridgehead atoms. The van der Waals surface area contributed by atoms with E-state index in [1.54, 1.807) is 28.8 Å². The summed E-state index contributed by atoms with van der Waals surface area (Å²) in [5, 5.41) is 12.0. The third-order valence-corrected chi connectivity index (χ3v) is 5.78. The number of nitrogen functional groups attached to an aromatic ring is 1. The van der Waals surface area contributed by atoms with E-state index >= 15 is 0 Å². The number of carboxylic acids is 1. The summed E-state index contributed by atoms with van der Waals surface area (Å²) in [5.74, 6) is -0.620. The van der Waals surface area contributed by atoms with Crippen LogP contribution in [0.5, 0.6) is 11.5 Å². The first-order chi connectivity index (χ1) is 16.6. The molecule has 9 heteroatoms. The van der Waals surface area contributed by atoms with Gasteiger partial charge in [0.25, 0.3) is 5.91 Å². The van der Waals surface area contributed by atoms with Crippen LogP contribution in [-0.4, -0.2) is 26.5 Å². The molecule has 0 radical (unpaired) electrons. The molecule has 1 amide bonds. The molecule has 180 valence electrons. The molecule has 0 unspecified atom stereocenters. The molecule has 4 aromatic rings. The average molecular weight is 477 g/mol. The lowest BCUT2D eigenvalue weighted by atomic mass is 10.0. The molecule has 3 aromatic carbocycles. The predicted molar refractivity (Wildman–Crippen MR) is 130 cm³/mol. The van der Waals surface area contributed by atoms with Crippen LogP contribution in [0.1, 0.15) is 39.5 Å². The highest BCUT2D eigenvalue weighted by atomic mass is 19.1. The minimum absolute atomic E-state index is 0.333. The van der Waals surface area contributed by atoms with Crippen molar-refractivity contribution in [1.82, 2.24) is 14.9 Å². The number of carbonyl (C=O) groups excluding carboxylic acids is 1. The smallest absolute Gasteiger partial charge is 0.305 e. The summed E-state index contributed by atoms with van der Waals surface area (Å²) >= 11 is 0. The first-order valence-electron chi connectivity index (χ1n) is 10.9. The van der Waals surface area contributed by atoms with Crippen LogP contribution in [0, 0.1) is 19.7 Å². The number of benzene rings is 3. The number of nitrogens with one attached hydrogen (secondary N) is 1. The van der Waals surface area contributed by atoms with Crippen LogP contribution in [0.4, 0.5) is 10.3 Å². The van der Waals surface area contributed by atoms with Crippen molar-refractivity contribution in [1.29, 1.82) is 0 Å². The highest BCUT2D eigenvalue weighted by Gasteiger charge is 2.21. The van der Waals surface area contributed by atoms with Crippen LogP contribution in [-0.2, 0) is 11.8 Å². The molecule has 35 heavy (non-hydrogen) atoms. The Bertz CT molecular complexity index is 1420. The van der Waals surface area contributed by atoms with E-state index in [1.165, 1.54) is 18.2 Å². The van der Waals surface area contributed by atoms with Gasteiger partial charge >= 0.3 is 5.97 Å². The lowest BCUT2D eigenvalue weighted by Gasteiger charge is -2.19. The molecule has 0 aliphatic heterocycles. The molecule has 0 saturated heterocycles. The maximum absolute atomic E-state index is 13.7. The second-order valence-corrected chi connectivity index (χ2v) is 8.37. The molecule has 0 fully saturated rings. The van der Waals surface area contributed by atoms with Gasteiger partial charge in [0, 0.05) is 12.6 Å². The zero-order chi connectivity index (χ0) is 25.3. The van der Waals surface area contributed by atoms with Gasteiger partial charge in [-0.15, -0.1) is 0 Å². The molecule has 1 heterocycles. The number of aromatic nitrogens is 2. The molecule has 4 N–H and O–H groups in total. The fourth-order valence-corrected chi connectivity index (χ4v) is 4.03. The minimum atomic E-state index is -1.11. The number of anilines is 1. The Hall–Kier alpha value is -4.40. The monoisotopic (exact) mass is 476 g/mol. The summed E-state index contributed by atoms with van der Waals surface area (Å²) in [6.07, 6.45) is -0.383. The number of hydrogen-bond donors (Lipinski definition) is 3. The van der Waals surface area contributed by atoms with Gasteiger partial charge in [0.05, 0.1) is 18.0 Å². The predicted octanol–water partition coefficient (Wildman–Crippen LogP) is 4.65. The maximum Gasteiger partial charge on any atom is 0.305 e. The fraction of sp³-hybridized carbons (Fsp3) is 0.192. The topological polar surface area (TPSA) is 119 Å². The third-order valence-electron chi connectivity index (χ3n) is 5.78. The first-order valence-corrected chi connectivity index (χ1v) is 10.9. The quantitative estimate of drug-likeness (QED) is 0.357. The number of para-hydroxylation sites is 1. The second-order valence-electron chi connectivity index (χ2n) is 8.37. The minimum Gasteiger partial charge on any atom is -0.481 e. The van der Waals surface area contributed by atoms with Gasteiger partial charge in [-0.05, 0) is 66.9 Å². The number of aryl methyl sites for hydroxylation is 3. The summed E-state index contributed by atoms with van der Waals surface area (Å²) in [7, 11) is 1.82. The molecule has 0 aliphatic carbocycles. The van der Waals surface area contributed by atoms with Crippen LogP contribution < -0.4 is 15.8 Å². The lowest BCUT2D eigenvalue weighted by molar-refractivity contribution is -0.137. The molecular weight excluding hydrogens is 451 g/mol. The van der Waals surface area contributed by atoms with E-state index < -0.39 is 23.7 Å². The number of nitrogens with zero attached hydrogens (tertiary/aromatic N) is 2. The van der Waals surface area contributed by atoms with Gasteiger partial charge in [0.1, 0.15) is 17.1 Å². The molecule has 4 rings (SSSR count). The van der Waals surface area contributed by atoms with Crippen molar-refractivity contribution >= 4 is 28.9 Å². The van der Waals surface area contributed by atoms with Gasteiger partial charge in [-0.1, -0.05) is 18.2 Å². The van der Waals surface area contributed by atoms with Gasteiger partial charge in [-0.2, -0.15) is 0 Å². The van der Waals surface area contributed by atoms with Crippen LogP contribution in [0.15, 0.2) is 54.6 Å². The molecule has 1 atom stereocenters. The highest BCUT2D eigenvalue weighted by Crippen LogP contribution is 2.34. The second kappa shape index (κ2) is 9.46. The Kier molecular flexibility index (Phi) is 6.42. The van der Waals surface area contributed by atoms with E-state index in [1.807, 2.05) is 33.0 Å². The van der Waals surface area contributed by atoms with Crippen molar-refractivity contribution in [3.05, 3.63) is 82.7 Å². The number of hydrogen-bond acceptors (Lipinski definition) is 5. The number of rotatable bonds is 7. The molecule has 0 spiro atoms. The van der Waals surface area contributed by atoms with Crippen molar-refractivity contribution < 1.29 is 23.8 Å².